The van der Waals surface area contributed by atoms with Crippen molar-refractivity contribution >= 4 is 38.7 Å². The lowest BCUT2D eigenvalue weighted by molar-refractivity contribution is -0.120. The van der Waals surface area contributed by atoms with Crippen LogP contribution in [0, 0.1) is 0 Å². The van der Waals surface area contributed by atoms with Crippen molar-refractivity contribution in [3.05, 3.63) is 42.4 Å². The summed E-state index contributed by atoms with van der Waals surface area (Å²) in [5.41, 5.74) is 2.20. The molecule has 6 rings (SSSR count). The number of nitrogens with one attached hydrogen (secondary N) is 1. The number of fused-ring (bicyclic) bond motifs is 4. The molecule has 2 aliphatic heterocycles. The lowest BCUT2D eigenvalue weighted by Gasteiger charge is -2.38. The maximum Gasteiger partial charge on any atom is 0.281 e. The number of carbonyl (C=O) groups is 1. The first-order valence-electron chi connectivity index (χ1n) is 10.9. The van der Waals surface area contributed by atoms with E-state index < -0.39 is 0 Å². The van der Waals surface area contributed by atoms with Crippen LogP contribution in [0.2, 0.25) is 0 Å². The van der Waals surface area contributed by atoms with Crippen LogP contribution >= 0.6 is 11.3 Å². The zero-order valence-corrected chi connectivity index (χ0v) is 18.5. The van der Waals surface area contributed by atoms with Gasteiger partial charge in [0.05, 0.1) is 17.4 Å². The molecule has 0 saturated carbocycles. The third-order valence-corrected chi connectivity index (χ3v) is 7.26. The van der Waals surface area contributed by atoms with E-state index in [1.807, 2.05) is 24.3 Å². The van der Waals surface area contributed by atoms with E-state index >= 15 is 0 Å². The fourth-order valence-electron chi connectivity index (χ4n) is 5.10. The first-order valence-corrected chi connectivity index (χ1v) is 11.7. The molecule has 1 N–H and O–H groups in total. The fourth-order valence-corrected chi connectivity index (χ4v) is 5.89. The Bertz CT molecular complexity index is 1250. The molecular weight excluding hydrogens is 426 g/mol. The summed E-state index contributed by atoms with van der Waals surface area (Å²) in [6.07, 6.45) is 7.78. The number of hydrogen-bond donors (Lipinski definition) is 1. The molecule has 2 fully saturated rings. The lowest BCUT2D eigenvalue weighted by atomic mass is 9.97. The van der Waals surface area contributed by atoms with Gasteiger partial charge in [-0.25, -0.2) is 9.97 Å². The molecule has 0 radical (unpaired) electrons. The number of piperidine rings is 1. The highest BCUT2D eigenvalue weighted by Crippen LogP contribution is 2.38. The highest BCUT2D eigenvalue weighted by Gasteiger charge is 2.41. The van der Waals surface area contributed by atoms with E-state index in [0.29, 0.717) is 34.3 Å². The number of hydrogen-bond acceptors (Lipinski definition) is 8. The molecule has 0 spiro atoms. The Balaban J connectivity index is 1.17. The number of rotatable bonds is 5. The number of thiazole rings is 1. The number of furan rings is 1. The van der Waals surface area contributed by atoms with Crippen molar-refractivity contribution in [3.63, 3.8) is 0 Å². The van der Waals surface area contributed by atoms with Crippen LogP contribution < -0.4 is 10.1 Å². The summed E-state index contributed by atoms with van der Waals surface area (Å²) in [4.78, 5) is 27.2. The van der Waals surface area contributed by atoms with Crippen molar-refractivity contribution in [1.82, 2.24) is 25.2 Å². The molecule has 1 amide bonds. The number of amides is 1. The first kappa shape index (κ1) is 19.6. The first-order chi connectivity index (χ1) is 15.6. The maximum absolute atomic E-state index is 11.4. The Morgan fingerprint density at radius 2 is 2.12 bits per heavy atom. The Morgan fingerprint density at radius 1 is 1.28 bits per heavy atom. The van der Waals surface area contributed by atoms with Gasteiger partial charge in [-0.05, 0) is 37.8 Å². The van der Waals surface area contributed by atoms with E-state index in [9.17, 15) is 4.79 Å². The number of carbonyl (C=O) groups excluding carboxylic acids is 1. The summed E-state index contributed by atoms with van der Waals surface area (Å²) in [6.45, 7) is 2.36. The molecule has 2 aliphatic rings. The second kappa shape index (κ2) is 7.83. The molecule has 3 atom stereocenters. The van der Waals surface area contributed by atoms with Crippen molar-refractivity contribution in [1.29, 1.82) is 0 Å². The molecule has 0 aromatic carbocycles. The monoisotopic (exact) mass is 449 g/mol. The van der Waals surface area contributed by atoms with Gasteiger partial charge in [0.25, 0.3) is 5.19 Å². The highest BCUT2D eigenvalue weighted by atomic mass is 32.1. The van der Waals surface area contributed by atoms with Crippen LogP contribution in [0.15, 0.2) is 41.1 Å². The van der Waals surface area contributed by atoms with Crippen LogP contribution in [0.3, 0.4) is 0 Å². The van der Waals surface area contributed by atoms with E-state index in [1.165, 1.54) is 24.2 Å². The third-order valence-electron chi connectivity index (χ3n) is 6.38. The van der Waals surface area contributed by atoms with Crippen molar-refractivity contribution in [2.45, 2.75) is 57.3 Å². The maximum atomic E-state index is 11.4. The number of nitrogens with zero attached hydrogens (tertiary/aromatic N) is 4. The van der Waals surface area contributed by atoms with Crippen molar-refractivity contribution < 1.29 is 13.9 Å². The van der Waals surface area contributed by atoms with Crippen LogP contribution in [0.4, 0.5) is 0 Å². The Morgan fingerprint density at radius 3 is 2.91 bits per heavy atom. The predicted molar refractivity (Wildman–Crippen MR) is 121 cm³/mol. The quantitative estimate of drug-likeness (QED) is 0.487. The second-order valence-corrected chi connectivity index (χ2v) is 9.59. The Labute approximate surface area is 188 Å². The topological polar surface area (TPSA) is 93.4 Å². The van der Waals surface area contributed by atoms with Gasteiger partial charge in [-0.15, -0.1) is 0 Å². The average Bonchev–Trinajstić information content (AvgIpc) is 3.41. The average molecular weight is 450 g/mol. The zero-order chi connectivity index (χ0) is 21.7. The molecule has 4 aromatic rings. The van der Waals surface area contributed by atoms with Gasteiger partial charge in [0.1, 0.15) is 11.3 Å². The molecule has 32 heavy (non-hydrogen) atoms. The number of aromatic nitrogens is 3. The van der Waals surface area contributed by atoms with Crippen LogP contribution in [0.5, 0.6) is 10.9 Å². The van der Waals surface area contributed by atoms with Crippen LogP contribution in [-0.2, 0) is 11.3 Å². The van der Waals surface area contributed by atoms with Gasteiger partial charge in [-0.2, -0.15) is 4.98 Å². The normalized spacial score (nSPS) is 23.1. The molecule has 9 heteroatoms. The third kappa shape index (κ3) is 3.71. The van der Waals surface area contributed by atoms with E-state index in [-0.39, 0.29) is 11.9 Å². The van der Waals surface area contributed by atoms with Crippen LogP contribution in [0.25, 0.3) is 21.4 Å². The van der Waals surface area contributed by atoms with Gasteiger partial charge in [-0.1, -0.05) is 11.3 Å². The van der Waals surface area contributed by atoms with Gasteiger partial charge in [0.2, 0.25) is 5.91 Å². The predicted octanol–water partition coefficient (Wildman–Crippen LogP) is 4.26. The largest absolute Gasteiger partial charge is 0.458 e. The van der Waals surface area contributed by atoms with Crippen molar-refractivity contribution in [2.24, 2.45) is 0 Å². The van der Waals surface area contributed by atoms with Gasteiger partial charge in [0.15, 0.2) is 17.0 Å². The molecule has 0 aliphatic carbocycles. The summed E-state index contributed by atoms with van der Waals surface area (Å²) in [6, 6.07) is 8.99. The van der Waals surface area contributed by atoms with E-state index in [0.717, 1.165) is 35.4 Å². The molecule has 0 unspecified atom stereocenters. The standard InChI is InChI=1S/C23H23N5O3S/c1-13(29)26-14-7-15-4-5-16(8-14)28(15)12-18-9-19-20(30-18)10-17(11-25-19)31-23-27-22-21(32-23)3-2-6-24-22/h2-3,6,9-11,14-16H,4-5,7-8,12H2,1H3,(H,26,29)/t14-,15+,16-. The SMILES string of the molecule is CC(=O)N[C@H]1C[C@H]2CC[C@@H](C1)N2Cc1cc2ncc(Oc3nc4ncccc4s3)cc2o1. The summed E-state index contributed by atoms with van der Waals surface area (Å²) in [5.74, 6) is 1.56. The molecule has 4 aromatic heterocycles. The van der Waals surface area contributed by atoms with Crippen LogP contribution in [-0.4, -0.2) is 43.9 Å². The number of ether oxygens (including phenoxy) is 1. The fraction of sp³-hybridized carbons (Fsp3) is 0.391. The minimum absolute atomic E-state index is 0.0614. The van der Waals surface area contributed by atoms with Gasteiger partial charge in [0, 0.05) is 43.4 Å². The summed E-state index contributed by atoms with van der Waals surface area (Å²) in [5, 5.41) is 3.63. The minimum Gasteiger partial charge on any atom is -0.458 e. The molecule has 164 valence electrons. The van der Waals surface area contributed by atoms with Gasteiger partial charge in [-0.3, -0.25) is 9.69 Å². The molecular formula is C23H23N5O3S. The van der Waals surface area contributed by atoms with Crippen LogP contribution in [0.1, 0.15) is 38.4 Å². The minimum atomic E-state index is 0.0614. The highest BCUT2D eigenvalue weighted by molar-refractivity contribution is 7.20. The lowest BCUT2D eigenvalue weighted by Crippen LogP contribution is -2.49. The molecule has 6 heterocycles. The Kier molecular flexibility index (Phi) is 4.80. The smallest absolute Gasteiger partial charge is 0.281 e. The van der Waals surface area contributed by atoms with E-state index in [1.54, 1.807) is 19.3 Å². The molecule has 2 bridgehead atoms. The zero-order valence-electron chi connectivity index (χ0n) is 17.7. The number of pyridine rings is 2. The summed E-state index contributed by atoms with van der Waals surface area (Å²) < 4.78 is 13.0. The van der Waals surface area contributed by atoms with Gasteiger partial charge >= 0.3 is 0 Å². The summed E-state index contributed by atoms with van der Waals surface area (Å²) in [7, 11) is 0. The second-order valence-electron chi connectivity index (χ2n) is 8.60. The summed E-state index contributed by atoms with van der Waals surface area (Å²) >= 11 is 1.45. The molecule has 8 nitrogen and oxygen atoms in total. The van der Waals surface area contributed by atoms with Gasteiger partial charge < -0.3 is 14.5 Å². The van der Waals surface area contributed by atoms with Crippen molar-refractivity contribution in [3.8, 4) is 10.9 Å². The van der Waals surface area contributed by atoms with Crippen molar-refractivity contribution in [2.75, 3.05) is 0 Å². The van der Waals surface area contributed by atoms with E-state index in [4.69, 9.17) is 9.15 Å². The van der Waals surface area contributed by atoms with E-state index in [2.05, 4.69) is 25.2 Å². The molecule has 2 saturated heterocycles. The Hall–Kier alpha value is -3.04.